The zero-order valence-corrected chi connectivity index (χ0v) is 12.0. The summed E-state index contributed by atoms with van der Waals surface area (Å²) in [6, 6.07) is 7.23. The first kappa shape index (κ1) is 14.5. The lowest BCUT2D eigenvalue weighted by atomic mass is 10.1. The van der Waals surface area contributed by atoms with Gasteiger partial charge in [0.15, 0.2) is 0 Å². The Balaban J connectivity index is 1.86. The van der Waals surface area contributed by atoms with Crippen LogP contribution in [0.15, 0.2) is 24.3 Å². The van der Waals surface area contributed by atoms with E-state index >= 15 is 0 Å². The molecule has 0 bridgehead atoms. The summed E-state index contributed by atoms with van der Waals surface area (Å²) in [7, 11) is 1.92. The average molecular weight is 275 g/mol. The molecule has 0 spiro atoms. The van der Waals surface area contributed by atoms with Crippen molar-refractivity contribution < 1.29 is 9.59 Å². The standard InChI is InChI=1S/C15H21N3O2/c1-3-11-6-8-12(9-7-11)14(19)16-17-15(20)13-5-4-10-18(13)2/h6-9,13H,3-5,10H2,1-2H3,(H,16,19)(H,17,20). The first-order valence-electron chi connectivity index (χ1n) is 7.01. The quantitative estimate of drug-likeness (QED) is 0.812. The third-order valence-corrected chi connectivity index (χ3v) is 3.75. The summed E-state index contributed by atoms with van der Waals surface area (Å²) in [6.45, 7) is 2.98. The largest absolute Gasteiger partial charge is 0.295 e. The first-order chi connectivity index (χ1) is 9.61. The van der Waals surface area contributed by atoms with Gasteiger partial charge in [-0.3, -0.25) is 25.3 Å². The summed E-state index contributed by atoms with van der Waals surface area (Å²) < 4.78 is 0. The second-order valence-corrected chi connectivity index (χ2v) is 5.13. The molecule has 1 aliphatic rings. The first-order valence-corrected chi connectivity index (χ1v) is 7.01. The smallest absolute Gasteiger partial charge is 0.269 e. The zero-order valence-electron chi connectivity index (χ0n) is 12.0. The lowest BCUT2D eigenvalue weighted by Crippen LogP contribution is -2.49. The van der Waals surface area contributed by atoms with Crippen LogP contribution < -0.4 is 10.9 Å². The highest BCUT2D eigenvalue weighted by molar-refractivity contribution is 5.95. The molecule has 0 aliphatic carbocycles. The van der Waals surface area contributed by atoms with Crippen molar-refractivity contribution in [1.29, 1.82) is 0 Å². The molecule has 1 unspecified atom stereocenters. The Labute approximate surface area is 119 Å². The van der Waals surface area contributed by atoms with Gasteiger partial charge in [-0.15, -0.1) is 0 Å². The van der Waals surface area contributed by atoms with Gasteiger partial charge in [0.1, 0.15) is 0 Å². The summed E-state index contributed by atoms with van der Waals surface area (Å²) in [5.74, 6) is -0.440. The maximum Gasteiger partial charge on any atom is 0.269 e. The molecule has 20 heavy (non-hydrogen) atoms. The van der Waals surface area contributed by atoms with Gasteiger partial charge in [0.05, 0.1) is 6.04 Å². The number of rotatable bonds is 3. The number of hydrazine groups is 1. The number of nitrogens with one attached hydrogen (secondary N) is 2. The van der Waals surface area contributed by atoms with Crippen molar-refractivity contribution in [2.75, 3.05) is 13.6 Å². The van der Waals surface area contributed by atoms with Gasteiger partial charge in [-0.1, -0.05) is 19.1 Å². The molecular formula is C15H21N3O2. The highest BCUT2D eigenvalue weighted by Crippen LogP contribution is 2.14. The second kappa shape index (κ2) is 6.52. The van der Waals surface area contributed by atoms with E-state index < -0.39 is 0 Å². The summed E-state index contributed by atoms with van der Waals surface area (Å²) in [5.41, 5.74) is 6.69. The summed E-state index contributed by atoms with van der Waals surface area (Å²) in [5, 5.41) is 0. The minimum absolute atomic E-state index is 0.141. The average Bonchev–Trinajstić information content (AvgIpc) is 2.90. The van der Waals surface area contributed by atoms with Crippen molar-refractivity contribution in [2.24, 2.45) is 0 Å². The van der Waals surface area contributed by atoms with Crippen LogP contribution in [0, 0.1) is 0 Å². The molecule has 0 radical (unpaired) electrons. The van der Waals surface area contributed by atoms with Gasteiger partial charge in [0.25, 0.3) is 11.8 Å². The molecule has 1 atom stereocenters. The third kappa shape index (κ3) is 3.36. The van der Waals surface area contributed by atoms with E-state index in [4.69, 9.17) is 0 Å². The van der Waals surface area contributed by atoms with E-state index in [0.717, 1.165) is 25.8 Å². The number of likely N-dealkylation sites (tertiary alicyclic amines) is 1. The minimum Gasteiger partial charge on any atom is -0.295 e. The normalized spacial score (nSPS) is 18.8. The maximum absolute atomic E-state index is 11.9. The number of carbonyl (C=O) groups excluding carboxylic acids is 2. The van der Waals surface area contributed by atoms with Crippen LogP contribution in [0.2, 0.25) is 0 Å². The van der Waals surface area contributed by atoms with Gasteiger partial charge in [-0.25, -0.2) is 0 Å². The van der Waals surface area contributed by atoms with Crippen molar-refractivity contribution in [3.63, 3.8) is 0 Å². The van der Waals surface area contributed by atoms with Gasteiger partial charge in [0, 0.05) is 5.56 Å². The lowest BCUT2D eigenvalue weighted by Gasteiger charge is -2.18. The highest BCUT2D eigenvalue weighted by Gasteiger charge is 2.27. The number of likely N-dealkylation sites (N-methyl/N-ethyl adjacent to an activating group) is 1. The van der Waals surface area contributed by atoms with Crippen molar-refractivity contribution in [3.8, 4) is 0 Å². The Morgan fingerprint density at radius 2 is 1.95 bits per heavy atom. The molecular weight excluding hydrogens is 254 g/mol. The molecule has 5 nitrogen and oxygen atoms in total. The predicted molar refractivity (Wildman–Crippen MR) is 77.1 cm³/mol. The zero-order chi connectivity index (χ0) is 14.5. The molecule has 2 N–H and O–H groups in total. The number of hydrogen-bond acceptors (Lipinski definition) is 3. The van der Waals surface area contributed by atoms with Crippen LogP contribution in [0.25, 0.3) is 0 Å². The van der Waals surface area contributed by atoms with Crippen LogP contribution in [-0.4, -0.2) is 36.3 Å². The van der Waals surface area contributed by atoms with E-state index in [9.17, 15) is 9.59 Å². The van der Waals surface area contributed by atoms with Crippen LogP contribution in [0.5, 0.6) is 0 Å². The Morgan fingerprint density at radius 3 is 2.50 bits per heavy atom. The Kier molecular flexibility index (Phi) is 4.74. The van der Waals surface area contributed by atoms with Crippen molar-refractivity contribution >= 4 is 11.8 Å². The van der Waals surface area contributed by atoms with Gasteiger partial charge in [0.2, 0.25) is 0 Å². The number of nitrogens with zero attached hydrogens (tertiary/aromatic N) is 1. The molecule has 2 rings (SSSR count). The fraction of sp³-hybridized carbons (Fsp3) is 0.467. The van der Waals surface area contributed by atoms with Crippen LogP contribution in [0.1, 0.15) is 35.7 Å². The van der Waals surface area contributed by atoms with Gasteiger partial charge in [-0.2, -0.15) is 0 Å². The number of benzene rings is 1. The fourth-order valence-electron chi connectivity index (χ4n) is 2.41. The Hall–Kier alpha value is -1.88. The van der Waals surface area contributed by atoms with Crippen molar-refractivity contribution in [2.45, 2.75) is 32.2 Å². The van der Waals surface area contributed by atoms with Crippen LogP contribution in [0.4, 0.5) is 0 Å². The van der Waals surface area contributed by atoms with Crippen molar-refractivity contribution in [3.05, 3.63) is 35.4 Å². The highest BCUT2D eigenvalue weighted by atomic mass is 16.2. The van der Waals surface area contributed by atoms with E-state index in [0.29, 0.717) is 5.56 Å². The molecule has 1 heterocycles. The topological polar surface area (TPSA) is 61.4 Å². The van der Waals surface area contributed by atoms with Crippen LogP contribution in [-0.2, 0) is 11.2 Å². The Morgan fingerprint density at radius 1 is 1.25 bits per heavy atom. The minimum atomic E-state index is -0.290. The summed E-state index contributed by atoms with van der Waals surface area (Å²) >= 11 is 0. The number of hydrogen-bond donors (Lipinski definition) is 2. The van der Waals surface area contributed by atoms with Gasteiger partial charge >= 0.3 is 0 Å². The second-order valence-electron chi connectivity index (χ2n) is 5.13. The van der Waals surface area contributed by atoms with Crippen LogP contribution >= 0.6 is 0 Å². The Bertz CT molecular complexity index is 484. The van der Waals surface area contributed by atoms with E-state index in [1.807, 2.05) is 24.1 Å². The number of carbonyl (C=O) groups is 2. The summed E-state index contributed by atoms with van der Waals surface area (Å²) in [6.07, 6.45) is 2.79. The lowest BCUT2D eigenvalue weighted by molar-refractivity contribution is -0.125. The van der Waals surface area contributed by atoms with E-state index in [2.05, 4.69) is 17.8 Å². The number of aryl methyl sites for hydroxylation is 1. The molecule has 5 heteroatoms. The number of amides is 2. The molecule has 1 aromatic carbocycles. The van der Waals surface area contributed by atoms with Crippen LogP contribution in [0.3, 0.4) is 0 Å². The van der Waals surface area contributed by atoms with Gasteiger partial charge in [-0.05, 0) is 50.6 Å². The summed E-state index contributed by atoms with van der Waals surface area (Å²) in [4.78, 5) is 25.8. The molecule has 1 saturated heterocycles. The van der Waals surface area contributed by atoms with Gasteiger partial charge < -0.3 is 0 Å². The monoisotopic (exact) mass is 275 g/mol. The molecule has 1 fully saturated rings. The van der Waals surface area contributed by atoms with E-state index in [1.54, 1.807) is 12.1 Å². The SMILES string of the molecule is CCc1ccc(C(=O)NNC(=O)C2CCCN2C)cc1. The van der Waals surface area contributed by atoms with E-state index in [1.165, 1.54) is 5.56 Å². The molecule has 108 valence electrons. The molecule has 0 aromatic heterocycles. The molecule has 0 saturated carbocycles. The molecule has 1 aliphatic heterocycles. The third-order valence-electron chi connectivity index (χ3n) is 3.75. The van der Waals surface area contributed by atoms with E-state index in [-0.39, 0.29) is 17.9 Å². The predicted octanol–water partition coefficient (Wildman–Crippen LogP) is 1.10. The van der Waals surface area contributed by atoms with Crippen molar-refractivity contribution in [1.82, 2.24) is 15.8 Å². The maximum atomic E-state index is 11.9. The fourth-order valence-corrected chi connectivity index (χ4v) is 2.41. The molecule has 2 amide bonds. The molecule has 1 aromatic rings.